The van der Waals surface area contributed by atoms with E-state index < -0.39 is 99.7 Å². The number of carbonyl (C=O) groups is 2. The number of ether oxygens (including phenoxy) is 2. The van der Waals surface area contributed by atoms with Crippen molar-refractivity contribution in [1.29, 1.82) is 0 Å². The summed E-state index contributed by atoms with van der Waals surface area (Å²) < 4.78 is 161. The van der Waals surface area contributed by atoms with Crippen LogP contribution in [0.1, 0.15) is 25.0 Å². The number of nitrogens with zero attached hydrogens (tertiary/aromatic N) is 4. The average Bonchev–Trinajstić information content (AvgIpc) is 3.08. The molecular formula is C34H24F6N4O10S2. The highest BCUT2D eigenvalue weighted by molar-refractivity contribution is 7.86. The van der Waals surface area contributed by atoms with Crippen molar-refractivity contribution in [2.45, 2.75) is 36.0 Å². The van der Waals surface area contributed by atoms with E-state index in [1.54, 1.807) is 0 Å². The van der Waals surface area contributed by atoms with Crippen LogP contribution in [0.25, 0.3) is 11.1 Å². The van der Waals surface area contributed by atoms with Crippen LogP contribution < -0.4 is 9.47 Å². The second kappa shape index (κ2) is 15.9. The second-order valence-corrected chi connectivity index (χ2v) is 14.2. The van der Waals surface area contributed by atoms with E-state index in [1.807, 2.05) is 0 Å². The van der Waals surface area contributed by atoms with Crippen LogP contribution in [-0.4, -0.2) is 37.9 Å². The van der Waals surface area contributed by atoms with Crippen LogP contribution in [0.5, 0.6) is 11.5 Å². The zero-order valence-corrected chi connectivity index (χ0v) is 30.0. The minimum Gasteiger partial charge on any atom is -0.423 e. The van der Waals surface area contributed by atoms with E-state index in [9.17, 15) is 61.9 Å². The summed E-state index contributed by atoms with van der Waals surface area (Å²) in [7, 11) is -10.3. The molecule has 0 fully saturated rings. The first-order valence-corrected chi connectivity index (χ1v) is 17.9. The monoisotopic (exact) mass is 826 g/mol. The summed E-state index contributed by atoms with van der Waals surface area (Å²) in [6.45, 7) is 9.00. The van der Waals surface area contributed by atoms with Crippen molar-refractivity contribution < 1.29 is 71.3 Å². The zero-order chi connectivity index (χ0) is 42.0. The van der Waals surface area contributed by atoms with Crippen LogP contribution in [0.15, 0.2) is 127 Å². The van der Waals surface area contributed by atoms with E-state index in [0.717, 1.165) is 60.7 Å². The topological polar surface area (TPSA) is 211 Å². The first-order valence-electron chi connectivity index (χ1n) is 15.0. The van der Waals surface area contributed by atoms with Gasteiger partial charge < -0.3 is 9.47 Å². The predicted octanol–water partition coefficient (Wildman–Crippen LogP) is 9.68. The highest BCUT2D eigenvalue weighted by Crippen LogP contribution is 2.41. The molecule has 0 heterocycles. The summed E-state index contributed by atoms with van der Waals surface area (Å²) >= 11 is 0. The molecule has 294 valence electrons. The maximum atomic E-state index is 13.7. The SMILES string of the molecule is C=C(C)C(=O)Oc1ccc(/N=N/c2ccc(-c3ccc(/N=N/c4ccc(OC(=O)C(=C)C)c(C(F)(F)F)c4)c(S(=O)(=O)O)c3)cc2S(=O)(=O)O)cc1C(F)(F)F. The van der Waals surface area contributed by atoms with Crippen molar-refractivity contribution in [3.8, 4) is 22.6 Å². The van der Waals surface area contributed by atoms with Crippen LogP contribution in [0.2, 0.25) is 0 Å². The van der Waals surface area contributed by atoms with E-state index >= 15 is 0 Å². The Morgan fingerprint density at radius 1 is 0.571 bits per heavy atom. The summed E-state index contributed by atoms with van der Waals surface area (Å²) in [4.78, 5) is 21.7. The summed E-state index contributed by atoms with van der Waals surface area (Å²) in [5.74, 6) is -4.03. The molecule has 14 nitrogen and oxygen atoms in total. The van der Waals surface area contributed by atoms with E-state index in [1.165, 1.54) is 13.8 Å². The lowest BCUT2D eigenvalue weighted by molar-refractivity contribution is -0.142. The highest BCUT2D eigenvalue weighted by Gasteiger charge is 2.36. The maximum Gasteiger partial charge on any atom is 0.420 e. The van der Waals surface area contributed by atoms with Crippen LogP contribution in [0.4, 0.5) is 49.1 Å². The van der Waals surface area contributed by atoms with Gasteiger partial charge in [-0.2, -0.15) is 53.4 Å². The fourth-order valence-electron chi connectivity index (χ4n) is 4.34. The number of carbonyl (C=O) groups excluding carboxylic acids is 2. The molecule has 56 heavy (non-hydrogen) atoms. The summed E-state index contributed by atoms with van der Waals surface area (Å²) in [6.07, 6.45) is -10.1. The molecule has 0 amide bonds. The summed E-state index contributed by atoms with van der Waals surface area (Å²) in [5.41, 5.74) is -5.68. The predicted molar refractivity (Wildman–Crippen MR) is 184 cm³/mol. The Hall–Kier alpha value is -6.10. The Morgan fingerprint density at radius 3 is 1.20 bits per heavy atom. The molecule has 0 aliphatic rings. The highest BCUT2D eigenvalue weighted by atomic mass is 32.2. The number of hydrogen-bond acceptors (Lipinski definition) is 12. The molecule has 0 aromatic heterocycles. The normalized spacial score (nSPS) is 12.5. The number of esters is 2. The van der Waals surface area contributed by atoms with Crippen molar-refractivity contribution in [2.75, 3.05) is 0 Å². The van der Waals surface area contributed by atoms with Gasteiger partial charge in [0.25, 0.3) is 20.2 Å². The first-order chi connectivity index (χ1) is 25.8. The Balaban J connectivity index is 1.72. The average molecular weight is 827 g/mol. The molecule has 0 bridgehead atoms. The fraction of sp³-hybridized carbons (Fsp3) is 0.118. The lowest BCUT2D eigenvalue weighted by atomic mass is 10.0. The molecular weight excluding hydrogens is 803 g/mol. The molecule has 0 radical (unpaired) electrons. The van der Waals surface area contributed by atoms with Gasteiger partial charge in [0.05, 0.1) is 11.4 Å². The van der Waals surface area contributed by atoms with E-state index in [2.05, 4.69) is 33.6 Å². The van der Waals surface area contributed by atoms with Gasteiger partial charge in [-0.1, -0.05) is 25.3 Å². The van der Waals surface area contributed by atoms with E-state index in [0.29, 0.717) is 12.1 Å². The summed E-state index contributed by atoms with van der Waals surface area (Å²) in [6, 6.07) is 10.1. The van der Waals surface area contributed by atoms with Crippen molar-refractivity contribution in [3.63, 3.8) is 0 Å². The van der Waals surface area contributed by atoms with Crippen molar-refractivity contribution in [1.82, 2.24) is 0 Å². The minimum atomic E-state index is -5.16. The third-order valence-corrected chi connectivity index (χ3v) is 8.76. The standard InChI is InChI=1S/C34H24F6N4O10S2/c1-17(2)31(45)53-27-11-7-21(15-23(27)33(35,36)37)41-43-25-9-5-19(13-29(25)55(47,48)49)20-6-10-26(30(14-20)56(50,51)52)44-42-22-8-12-28(54-32(46)18(3)4)24(16-22)34(38,39)40/h5-16H,1,3H2,2,4H3,(H,47,48,49)(H,50,51,52)/b43-41+,44-42+. The van der Waals surface area contributed by atoms with Crippen molar-refractivity contribution in [2.24, 2.45) is 20.5 Å². The molecule has 0 saturated heterocycles. The van der Waals surface area contributed by atoms with Crippen molar-refractivity contribution in [3.05, 3.63) is 108 Å². The van der Waals surface area contributed by atoms with E-state index in [-0.39, 0.29) is 22.3 Å². The molecule has 0 atom stereocenters. The second-order valence-electron chi connectivity index (χ2n) is 11.4. The molecule has 4 aromatic rings. The molecule has 4 rings (SSSR count). The maximum absolute atomic E-state index is 13.7. The zero-order valence-electron chi connectivity index (χ0n) is 28.4. The van der Waals surface area contributed by atoms with Gasteiger partial charge in [-0.25, -0.2) is 9.59 Å². The lowest BCUT2D eigenvalue weighted by Crippen LogP contribution is -2.13. The number of benzene rings is 4. The van der Waals surface area contributed by atoms with E-state index in [4.69, 9.17) is 9.47 Å². The fourth-order valence-corrected chi connectivity index (χ4v) is 5.64. The third-order valence-electron chi connectivity index (χ3n) is 6.99. The molecule has 2 N–H and O–H groups in total. The first kappa shape index (κ1) is 42.6. The molecule has 4 aromatic carbocycles. The summed E-state index contributed by atoms with van der Waals surface area (Å²) in [5, 5.41) is 14.4. The molecule has 22 heteroatoms. The minimum absolute atomic E-state index is 0.136. The number of halogens is 6. The molecule has 0 aliphatic carbocycles. The number of rotatable bonds is 11. The van der Waals surface area contributed by atoms with Gasteiger partial charge in [0.1, 0.15) is 43.8 Å². The smallest absolute Gasteiger partial charge is 0.420 e. The molecule has 0 spiro atoms. The number of hydrogen-bond donors (Lipinski definition) is 2. The largest absolute Gasteiger partial charge is 0.423 e. The Bertz CT molecular complexity index is 2390. The van der Waals surface area contributed by atoms with Crippen LogP contribution >= 0.6 is 0 Å². The van der Waals surface area contributed by atoms with Gasteiger partial charge >= 0.3 is 24.3 Å². The Labute approximate surface area is 313 Å². The van der Waals surface area contributed by atoms with Crippen LogP contribution in [0, 0.1) is 0 Å². The molecule has 0 saturated carbocycles. The Morgan fingerprint density at radius 2 is 0.911 bits per heavy atom. The van der Waals surface area contributed by atoms with Gasteiger partial charge in [0.15, 0.2) is 0 Å². The van der Waals surface area contributed by atoms with Crippen molar-refractivity contribution >= 4 is 54.9 Å². The van der Waals surface area contributed by atoms with Crippen LogP contribution in [-0.2, 0) is 42.2 Å². The number of azo groups is 2. The van der Waals surface area contributed by atoms with Gasteiger partial charge in [-0.05, 0) is 85.6 Å². The van der Waals surface area contributed by atoms with Crippen LogP contribution in [0.3, 0.4) is 0 Å². The molecule has 0 unspecified atom stereocenters. The Kier molecular flexibility index (Phi) is 12.1. The van der Waals surface area contributed by atoms with Gasteiger partial charge in [-0.3, -0.25) is 9.11 Å². The quantitative estimate of drug-likeness (QED) is 0.0365. The van der Waals surface area contributed by atoms with Gasteiger partial charge in [-0.15, -0.1) is 10.2 Å². The van der Waals surface area contributed by atoms with Gasteiger partial charge in [0, 0.05) is 11.1 Å². The van der Waals surface area contributed by atoms with Gasteiger partial charge in [0.2, 0.25) is 0 Å². The lowest BCUT2D eigenvalue weighted by Gasteiger charge is -2.13. The number of alkyl halides is 6. The third kappa shape index (κ3) is 10.6. The molecule has 0 aliphatic heterocycles.